The van der Waals surface area contributed by atoms with E-state index in [1.807, 2.05) is 17.0 Å². The molecule has 0 spiro atoms. The van der Waals surface area contributed by atoms with Crippen LogP contribution in [0.1, 0.15) is 38.7 Å². The minimum absolute atomic E-state index is 0. The number of hydrogen-bond donors (Lipinski definition) is 1. The van der Waals surface area contributed by atoms with E-state index >= 15 is 0 Å². The van der Waals surface area contributed by atoms with Crippen molar-refractivity contribution in [2.45, 2.75) is 44.6 Å². The predicted octanol–water partition coefficient (Wildman–Crippen LogP) is 3.49. The van der Waals surface area contributed by atoms with Crippen LogP contribution in [0, 0.1) is 5.41 Å². The highest BCUT2D eigenvalue weighted by atomic mass is 79.9. The molecule has 1 saturated heterocycles. The van der Waals surface area contributed by atoms with E-state index in [4.69, 9.17) is 5.73 Å². The number of piperidine rings is 1. The van der Waals surface area contributed by atoms with E-state index < -0.39 is 0 Å². The minimum atomic E-state index is -0.276. The van der Waals surface area contributed by atoms with Crippen LogP contribution in [0.15, 0.2) is 28.7 Å². The predicted molar refractivity (Wildman–Crippen MR) is 95.3 cm³/mol. The maximum absolute atomic E-state index is 13.1. The molecule has 1 amide bonds. The summed E-state index contributed by atoms with van der Waals surface area (Å²) in [5, 5.41) is 0. The van der Waals surface area contributed by atoms with Crippen LogP contribution in [-0.2, 0) is 10.2 Å². The minimum Gasteiger partial charge on any atom is -0.341 e. The molecule has 1 aromatic carbocycles. The fraction of sp³-hybridized carbons (Fsp3) is 0.588. The van der Waals surface area contributed by atoms with E-state index in [1.54, 1.807) is 0 Å². The molecule has 0 bridgehead atoms. The first kappa shape index (κ1) is 17.8. The molecular weight excluding hydrogens is 364 g/mol. The summed E-state index contributed by atoms with van der Waals surface area (Å²) in [6, 6.07) is 8.38. The van der Waals surface area contributed by atoms with Crippen LogP contribution in [0.4, 0.5) is 0 Å². The molecule has 0 aromatic heterocycles. The number of likely N-dealkylation sites (tertiary alicyclic amines) is 1. The molecule has 2 aliphatic rings. The quantitative estimate of drug-likeness (QED) is 0.844. The van der Waals surface area contributed by atoms with Gasteiger partial charge in [0, 0.05) is 23.6 Å². The maximum Gasteiger partial charge on any atom is 0.233 e. The van der Waals surface area contributed by atoms with E-state index in [0.717, 1.165) is 42.4 Å². The van der Waals surface area contributed by atoms with Crippen LogP contribution < -0.4 is 5.73 Å². The SMILES string of the molecule is CC1(C)CN(C(=O)C2(c3cccc(Br)c3)CC2)CCC1N.Cl. The van der Waals surface area contributed by atoms with Crippen LogP contribution in [0.2, 0.25) is 0 Å². The second-order valence-corrected chi connectivity index (χ2v) is 8.12. The standard InChI is InChI=1S/C17H23BrN2O.ClH/c1-16(2)11-20(9-6-14(16)19)15(21)17(7-8-17)12-4-3-5-13(18)10-12;/h3-5,10,14H,6-9,11,19H2,1-2H3;1H. The summed E-state index contributed by atoms with van der Waals surface area (Å²) in [6.07, 6.45) is 2.82. The molecular formula is C17H24BrClN2O. The summed E-state index contributed by atoms with van der Waals surface area (Å²) in [5.41, 5.74) is 7.06. The Morgan fingerprint density at radius 3 is 2.59 bits per heavy atom. The number of hydrogen-bond acceptors (Lipinski definition) is 2. The summed E-state index contributed by atoms with van der Waals surface area (Å²) in [4.78, 5) is 15.1. The van der Waals surface area contributed by atoms with E-state index in [-0.39, 0.29) is 29.3 Å². The highest BCUT2D eigenvalue weighted by molar-refractivity contribution is 9.10. The third-order valence-electron chi connectivity index (χ3n) is 5.14. The number of carbonyl (C=O) groups excluding carboxylic acids is 1. The van der Waals surface area contributed by atoms with Gasteiger partial charge in [-0.25, -0.2) is 0 Å². The van der Waals surface area contributed by atoms with Gasteiger partial charge in [0.1, 0.15) is 0 Å². The smallest absolute Gasteiger partial charge is 0.233 e. The average molecular weight is 388 g/mol. The Bertz CT molecular complexity index is 572. The van der Waals surface area contributed by atoms with E-state index in [9.17, 15) is 4.79 Å². The normalized spacial score (nSPS) is 25.3. The number of amides is 1. The Kier molecular flexibility index (Phi) is 4.96. The van der Waals surface area contributed by atoms with Gasteiger partial charge in [-0.2, -0.15) is 0 Å². The van der Waals surface area contributed by atoms with Gasteiger partial charge >= 0.3 is 0 Å². The lowest BCUT2D eigenvalue weighted by molar-refractivity contribution is -0.137. The van der Waals surface area contributed by atoms with E-state index in [0.29, 0.717) is 5.91 Å². The largest absolute Gasteiger partial charge is 0.341 e. The molecule has 1 heterocycles. The van der Waals surface area contributed by atoms with Crippen LogP contribution in [0.3, 0.4) is 0 Å². The second-order valence-electron chi connectivity index (χ2n) is 7.20. The maximum atomic E-state index is 13.1. The van der Waals surface area contributed by atoms with Crippen LogP contribution in [0.25, 0.3) is 0 Å². The van der Waals surface area contributed by atoms with Crippen molar-refractivity contribution in [3.8, 4) is 0 Å². The van der Waals surface area contributed by atoms with Crippen molar-refractivity contribution < 1.29 is 4.79 Å². The van der Waals surface area contributed by atoms with Gasteiger partial charge in [-0.05, 0) is 42.4 Å². The molecule has 2 fully saturated rings. The zero-order valence-corrected chi connectivity index (χ0v) is 15.5. The van der Waals surface area contributed by atoms with Gasteiger partial charge in [0.25, 0.3) is 0 Å². The van der Waals surface area contributed by atoms with Gasteiger partial charge < -0.3 is 10.6 Å². The highest BCUT2D eigenvalue weighted by Crippen LogP contribution is 2.50. The van der Waals surface area contributed by atoms with Gasteiger partial charge in [0.05, 0.1) is 5.41 Å². The van der Waals surface area contributed by atoms with E-state index in [1.165, 1.54) is 0 Å². The summed E-state index contributed by atoms with van der Waals surface area (Å²) in [6.45, 7) is 5.88. The second kappa shape index (κ2) is 6.14. The van der Waals surface area contributed by atoms with Crippen molar-refractivity contribution in [3.05, 3.63) is 34.3 Å². The number of nitrogens with zero attached hydrogens (tertiary/aromatic N) is 1. The molecule has 22 heavy (non-hydrogen) atoms. The van der Waals surface area contributed by atoms with Crippen molar-refractivity contribution in [2.24, 2.45) is 11.1 Å². The molecule has 2 N–H and O–H groups in total. The lowest BCUT2D eigenvalue weighted by atomic mass is 9.79. The first-order valence-corrected chi connectivity index (χ1v) is 8.45. The first-order valence-electron chi connectivity index (χ1n) is 7.66. The van der Waals surface area contributed by atoms with Crippen LogP contribution >= 0.6 is 28.3 Å². The Balaban J connectivity index is 0.00000176. The Morgan fingerprint density at radius 2 is 2.05 bits per heavy atom. The third kappa shape index (κ3) is 3.06. The Hall–Kier alpha value is -0.580. The van der Waals surface area contributed by atoms with Gasteiger partial charge in [-0.15, -0.1) is 12.4 Å². The van der Waals surface area contributed by atoms with E-state index in [2.05, 4.69) is 41.9 Å². The average Bonchev–Trinajstić information content (AvgIpc) is 3.22. The molecule has 1 aliphatic heterocycles. The molecule has 1 aromatic rings. The van der Waals surface area contributed by atoms with Gasteiger partial charge in [-0.1, -0.05) is 41.9 Å². The van der Waals surface area contributed by atoms with Crippen molar-refractivity contribution in [1.29, 1.82) is 0 Å². The van der Waals surface area contributed by atoms with Gasteiger partial charge in [-0.3, -0.25) is 4.79 Å². The molecule has 0 radical (unpaired) electrons. The number of nitrogens with two attached hydrogens (primary N) is 1. The summed E-state index contributed by atoms with van der Waals surface area (Å²) in [5.74, 6) is 0.292. The summed E-state index contributed by atoms with van der Waals surface area (Å²) in [7, 11) is 0. The lowest BCUT2D eigenvalue weighted by Gasteiger charge is -2.43. The van der Waals surface area contributed by atoms with Crippen LogP contribution in [0.5, 0.6) is 0 Å². The molecule has 1 unspecified atom stereocenters. The third-order valence-corrected chi connectivity index (χ3v) is 5.63. The number of carbonyl (C=O) groups is 1. The molecule has 1 saturated carbocycles. The highest BCUT2D eigenvalue weighted by Gasteiger charge is 2.54. The summed E-state index contributed by atoms with van der Waals surface area (Å²) >= 11 is 3.51. The van der Waals surface area contributed by atoms with Crippen molar-refractivity contribution >= 4 is 34.2 Å². The fourth-order valence-corrected chi connectivity index (χ4v) is 3.79. The first-order chi connectivity index (χ1) is 9.85. The lowest BCUT2D eigenvalue weighted by Crippen LogP contribution is -2.55. The van der Waals surface area contributed by atoms with Crippen molar-refractivity contribution in [1.82, 2.24) is 4.90 Å². The molecule has 5 heteroatoms. The summed E-state index contributed by atoms with van der Waals surface area (Å²) < 4.78 is 1.04. The van der Waals surface area contributed by atoms with Gasteiger partial charge in [0.15, 0.2) is 0 Å². The molecule has 3 rings (SSSR count). The topological polar surface area (TPSA) is 46.3 Å². The molecule has 1 atom stereocenters. The number of halogens is 2. The van der Waals surface area contributed by atoms with Crippen molar-refractivity contribution in [2.75, 3.05) is 13.1 Å². The van der Waals surface area contributed by atoms with Gasteiger partial charge in [0.2, 0.25) is 5.91 Å². The zero-order valence-electron chi connectivity index (χ0n) is 13.1. The Morgan fingerprint density at radius 1 is 1.36 bits per heavy atom. The zero-order chi connectivity index (χ0) is 15.3. The molecule has 122 valence electrons. The fourth-order valence-electron chi connectivity index (χ4n) is 3.39. The van der Waals surface area contributed by atoms with Crippen LogP contribution in [-0.4, -0.2) is 29.9 Å². The number of benzene rings is 1. The monoisotopic (exact) mass is 386 g/mol. The Labute approximate surface area is 147 Å². The van der Waals surface area contributed by atoms with Crippen molar-refractivity contribution in [3.63, 3.8) is 0 Å². The molecule has 1 aliphatic carbocycles. The molecule has 3 nitrogen and oxygen atoms in total. The number of rotatable bonds is 2.